The number of nitrogens with one attached hydrogen (secondary N) is 1. The first kappa shape index (κ1) is 18.5. The Kier molecular flexibility index (Phi) is 5.67. The summed E-state index contributed by atoms with van der Waals surface area (Å²) in [5, 5.41) is 11.7. The molecular formula is C17H19N5O2S2. The van der Waals surface area contributed by atoms with Gasteiger partial charge in [-0.25, -0.2) is 4.98 Å². The number of Topliss-reactive ketones (excluding diaryl/α,β-unsaturated/α-hetero) is 1. The van der Waals surface area contributed by atoms with Crippen LogP contribution < -0.4 is 5.32 Å². The first-order valence-electron chi connectivity index (χ1n) is 8.12. The number of hydrogen-bond donors (Lipinski definition) is 1. The second-order valence-electron chi connectivity index (χ2n) is 5.87. The number of fused-ring (bicyclic) bond motifs is 1. The highest BCUT2D eigenvalue weighted by Crippen LogP contribution is 2.23. The lowest BCUT2D eigenvalue weighted by atomic mass is 10.3. The van der Waals surface area contributed by atoms with E-state index in [0.29, 0.717) is 23.2 Å². The summed E-state index contributed by atoms with van der Waals surface area (Å²) in [7, 11) is 0. The number of thiophene rings is 1. The van der Waals surface area contributed by atoms with E-state index in [-0.39, 0.29) is 11.7 Å². The van der Waals surface area contributed by atoms with Crippen molar-refractivity contribution in [2.75, 3.05) is 12.3 Å². The van der Waals surface area contributed by atoms with Crippen LogP contribution in [0.25, 0.3) is 5.78 Å². The average Bonchev–Trinajstić information content (AvgIpc) is 3.19. The molecule has 0 aliphatic rings. The molecule has 0 atom stereocenters. The monoisotopic (exact) mass is 389 g/mol. The smallest absolute Gasteiger partial charge is 0.256 e. The minimum atomic E-state index is -0.0465. The molecule has 0 saturated carbocycles. The normalized spacial score (nSPS) is 11.0. The van der Waals surface area contributed by atoms with E-state index in [4.69, 9.17) is 0 Å². The van der Waals surface area contributed by atoms with Crippen LogP contribution in [0.4, 0.5) is 0 Å². The summed E-state index contributed by atoms with van der Waals surface area (Å²) in [5.41, 5.74) is 1.88. The van der Waals surface area contributed by atoms with Crippen LogP contribution in [0, 0.1) is 13.8 Å². The number of aromatic nitrogens is 4. The molecule has 0 saturated heterocycles. The molecule has 26 heavy (non-hydrogen) atoms. The van der Waals surface area contributed by atoms with E-state index in [1.807, 2.05) is 36.4 Å². The lowest BCUT2D eigenvalue weighted by Crippen LogP contribution is -2.22. The van der Waals surface area contributed by atoms with Crippen LogP contribution in [-0.4, -0.2) is 43.6 Å². The highest BCUT2D eigenvalue weighted by molar-refractivity contribution is 7.99. The van der Waals surface area contributed by atoms with E-state index in [1.54, 1.807) is 0 Å². The third-order valence-electron chi connectivity index (χ3n) is 3.68. The molecule has 3 rings (SSSR count). The first-order valence-corrected chi connectivity index (χ1v) is 9.93. The topological polar surface area (TPSA) is 89.2 Å². The Hall–Kier alpha value is -2.26. The van der Waals surface area contributed by atoms with Gasteiger partial charge in [0.25, 0.3) is 5.78 Å². The van der Waals surface area contributed by atoms with Gasteiger partial charge in [0.2, 0.25) is 5.91 Å². The van der Waals surface area contributed by atoms with Crippen LogP contribution in [0.15, 0.2) is 23.4 Å². The molecule has 1 N–H and O–H groups in total. The van der Waals surface area contributed by atoms with Gasteiger partial charge in [-0.15, -0.1) is 21.5 Å². The summed E-state index contributed by atoms with van der Waals surface area (Å²) in [5.74, 6) is 0.851. The van der Waals surface area contributed by atoms with Crippen LogP contribution >= 0.6 is 23.1 Å². The van der Waals surface area contributed by atoms with Crippen LogP contribution in [-0.2, 0) is 11.2 Å². The highest BCUT2D eigenvalue weighted by atomic mass is 32.2. The van der Waals surface area contributed by atoms with Gasteiger partial charge < -0.3 is 5.32 Å². The van der Waals surface area contributed by atoms with Crippen molar-refractivity contribution in [3.05, 3.63) is 39.3 Å². The van der Waals surface area contributed by atoms with Crippen LogP contribution in [0.2, 0.25) is 0 Å². The van der Waals surface area contributed by atoms with Crippen molar-refractivity contribution >= 4 is 40.6 Å². The standard InChI is InChI=1S/C17H19N5O2S2/c1-10-8-11(2)22-16(19-10)20-21-17(22)25-9-14(24)15-5-4-13(26-15)6-7-18-12(3)23/h4-5,8H,6-7,9H2,1-3H3,(H,18,23). The summed E-state index contributed by atoms with van der Waals surface area (Å²) in [6.07, 6.45) is 0.726. The van der Waals surface area contributed by atoms with Crippen LogP contribution in [0.5, 0.6) is 0 Å². The van der Waals surface area contributed by atoms with Gasteiger partial charge >= 0.3 is 0 Å². The van der Waals surface area contributed by atoms with E-state index in [2.05, 4.69) is 20.5 Å². The second-order valence-corrected chi connectivity index (χ2v) is 7.98. The number of rotatable bonds is 7. The summed E-state index contributed by atoms with van der Waals surface area (Å²) in [6.45, 7) is 5.96. The van der Waals surface area contributed by atoms with Crippen molar-refractivity contribution in [1.29, 1.82) is 0 Å². The average molecular weight is 390 g/mol. The molecule has 0 aliphatic carbocycles. The molecule has 0 unspecified atom stereocenters. The Morgan fingerprint density at radius 1 is 1.27 bits per heavy atom. The van der Waals surface area contributed by atoms with Crippen molar-refractivity contribution in [3.8, 4) is 0 Å². The molecule has 9 heteroatoms. The zero-order valence-corrected chi connectivity index (χ0v) is 16.4. The molecule has 0 aliphatic heterocycles. The predicted octanol–water partition coefficient (Wildman–Crippen LogP) is 2.46. The molecule has 0 fully saturated rings. The zero-order valence-electron chi connectivity index (χ0n) is 14.8. The molecule has 3 aromatic rings. The number of hydrogen-bond acceptors (Lipinski definition) is 7. The molecule has 3 aromatic heterocycles. The number of nitrogens with zero attached hydrogens (tertiary/aromatic N) is 4. The minimum Gasteiger partial charge on any atom is -0.356 e. The van der Waals surface area contributed by atoms with Gasteiger partial charge in [-0.05, 0) is 38.5 Å². The number of carbonyl (C=O) groups is 2. The third kappa shape index (κ3) is 4.28. The van der Waals surface area contributed by atoms with E-state index < -0.39 is 0 Å². The maximum atomic E-state index is 12.5. The number of aryl methyl sites for hydroxylation is 2. The van der Waals surface area contributed by atoms with Crippen LogP contribution in [0.1, 0.15) is 32.9 Å². The molecule has 0 spiro atoms. The van der Waals surface area contributed by atoms with E-state index >= 15 is 0 Å². The van der Waals surface area contributed by atoms with Crippen molar-refractivity contribution in [3.63, 3.8) is 0 Å². The van der Waals surface area contributed by atoms with Crippen LogP contribution in [0.3, 0.4) is 0 Å². The zero-order chi connectivity index (χ0) is 18.7. The maximum absolute atomic E-state index is 12.5. The van der Waals surface area contributed by atoms with Crippen molar-refractivity contribution < 1.29 is 9.59 Å². The maximum Gasteiger partial charge on any atom is 0.256 e. The Balaban J connectivity index is 1.63. The van der Waals surface area contributed by atoms with Gasteiger partial charge in [-0.2, -0.15) is 0 Å². The lowest BCUT2D eigenvalue weighted by Gasteiger charge is -2.03. The van der Waals surface area contributed by atoms with E-state index in [0.717, 1.165) is 27.6 Å². The van der Waals surface area contributed by atoms with E-state index in [9.17, 15) is 9.59 Å². The fraction of sp³-hybridized carbons (Fsp3) is 0.353. The number of thioether (sulfide) groups is 1. The van der Waals surface area contributed by atoms with Crippen molar-refractivity contribution in [1.82, 2.24) is 24.9 Å². The Bertz CT molecular complexity index is 963. The predicted molar refractivity (Wildman–Crippen MR) is 102 cm³/mol. The Labute approximate surface area is 159 Å². The fourth-order valence-electron chi connectivity index (χ4n) is 2.52. The fourth-order valence-corrected chi connectivity index (χ4v) is 4.42. The third-order valence-corrected chi connectivity index (χ3v) is 5.79. The lowest BCUT2D eigenvalue weighted by molar-refractivity contribution is -0.118. The van der Waals surface area contributed by atoms with Gasteiger partial charge in [0.1, 0.15) is 0 Å². The van der Waals surface area contributed by atoms with Gasteiger partial charge in [-0.3, -0.25) is 14.0 Å². The van der Waals surface area contributed by atoms with Gasteiger partial charge in [0.15, 0.2) is 10.9 Å². The Morgan fingerprint density at radius 2 is 2.08 bits per heavy atom. The molecule has 0 radical (unpaired) electrons. The molecule has 0 bridgehead atoms. The molecule has 0 aromatic carbocycles. The van der Waals surface area contributed by atoms with Gasteiger partial charge in [0.05, 0.1) is 10.6 Å². The van der Waals surface area contributed by atoms with E-state index in [1.165, 1.54) is 30.0 Å². The van der Waals surface area contributed by atoms with Gasteiger partial charge in [-0.1, -0.05) is 11.8 Å². The Morgan fingerprint density at radius 3 is 2.85 bits per heavy atom. The summed E-state index contributed by atoms with van der Waals surface area (Å²) < 4.78 is 1.86. The number of carbonyl (C=O) groups excluding carboxylic acids is 2. The quantitative estimate of drug-likeness (QED) is 0.493. The molecule has 1 amide bonds. The first-order chi connectivity index (χ1) is 12.4. The molecule has 136 valence electrons. The molecular weight excluding hydrogens is 370 g/mol. The second kappa shape index (κ2) is 7.96. The largest absolute Gasteiger partial charge is 0.356 e. The van der Waals surface area contributed by atoms with Gasteiger partial charge in [0, 0.05) is 29.7 Å². The SMILES string of the molecule is CC(=O)NCCc1ccc(C(=O)CSc2nnc3nc(C)cc(C)n23)s1. The van der Waals surface area contributed by atoms with Crippen molar-refractivity contribution in [2.45, 2.75) is 32.3 Å². The summed E-state index contributed by atoms with van der Waals surface area (Å²) >= 11 is 2.83. The number of ketones is 1. The van der Waals surface area contributed by atoms with Crippen molar-refractivity contribution in [2.24, 2.45) is 0 Å². The molecule has 3 heterocycles. The summed E-state index contributed by atoms with van der Waals surface area (Å²) in [4.78, 5) is 29.5. The highest BCUT2D eigenvalue weighted by Gasteiger charge is 2.14. The summed E-state index contributed by atoms with van der Waals surface area (Å²) in [6, 6.07) is 5.74. The molecule has 7 nitrogen and oxygen atoms in total. The minimum absolute atomic E-state index is 0.0465. The number of amides is 1.